The van der Waals surface area contributed by atoms with E-state index in [1.54, 1.807) is 18.2 Å². The number of benzene rings is 2. The first-order chi connectivity index (χ1) is 11.1. The van der Waals surface area contributed by atoms with E-state index in [0.717, 1.165) is 9.13 Å². The summed E-state index contributed by atoms with van der Waals surface area (Å²) < 4.78 is 6.04. The fourth-order valence-electron chi connectivity index (χ4n) is 1.94. The maximum atomic E-state index is 12.1. The molecule has 1 amide bonds. The molecule has 116 valence electrons. The Kier molecular flexibility index (Phi) is 4.92. The second-order valence-electron chi connectivity index (χ2n) is 4.68. The lowest BCUT2D eigenvalue weighted by atomic mass is 10.2. The van der Waals surface area contributed by atoms with Crippen LogP contribution in [0.3, 0.4) is 0 Å². The van der Waals surface area contributed by atoms with Crippen LogP contribution in [0.15, 0.2) is 53.1 Å². The quantitative estimate of drug-likeness (QED) is 0.626. The van der Waals surface area contributed by atoms with Crippen LogP contribution in [0.1, 0.15) is 16.2 Å². The summed E-state index contributed by atoms with van der Waals surface area (Å²) in [7, 11) is 0. The summed E-state index contributed by atoms with van der Waals surface area (Å²) in [6, 6.07) is 14.5. The number of nitrogens with zero attached hydrogens (tertiary/aromatic N) is 2. The maximum Gasteiger partial charge on any atom is 0.252 e. The van der Waals surface area contributed by atoms with E-state index < -0.39 is 0 Å². The van der Waals surface area contributed by atoms with Gasteiger partial charge in [0.25, 0.3) is 5.91 Å². The topological polar surface area (TPSA) is 68.0 Å². The predicted molar refractivity (Wildman–Crippen MR) is 95.1 cm³/mol. The van der Waals surface area contributed by atoms with Crippen LogP contribution in [0.2, 0.25) is 5.02 Å². The summed E-state index contributed by atoms with van der Waals surface area (Å²) in [6.07, 6.45) is 0. The van der Waals surface area contributed by atoms with Crippen LogP contribution in [0, 0.1) is 3.57 Å². The zero-order valence-electron chi connectivity index (χ0n) is 11.8. The van der Waals surface area contributed by atoms with E-state index >= 15 is 0 Å². The Balaban J connectivity index is 1.67. The molecule has 5 nitrogen and oxygen atoms in total. The van der Waals surface area contributed by atoms with Gasteiger partial charge in [-0.1, -0.05) is 28.9 Å². The number of carbonyl (C=O) groups is 1. The third-order valence-corrected chi connectivity index (χ3v) is 4.28. The van der Waals surface area contributed by atoms with Gasteiger partial charge >= 0.3 is 0 Å². The van der Waals surface area contributed by atoms with Crippen molar-refractivity contribution < 1.29 is 9.32 Å². The molecular formula is C16H11ClIN3O2. The van der Waals surface area contributed by atoms with Gasteiger partial charge in [0.1, 0.15) is 0 Å². The molecule has 0 bridgehead atoms. The summed E-state index contributed by atoms with van der Waals surface area (Å²) >= 11 is 7.97. The van der Waals surface area contributed by atoms with Crippen LogP contribution in [-0.2, 0) is 6.54 Å². The fraction of sp³-hybridized carbons (Fsp3) is 0.0625. The van der Waals surface area contributed by atoms with Crippen molar-refractivity contribution in [2.24, 2.45) is 0 Å². The van der Waals surface area contributed by atoms with E-state index in [9.17, 15) is 4.79 Å². The molecule has 0 atom stereocenters. The molecule has 0 unspecified atom stereocenters. The van der Waals surface area contributed by atoms with Crippen molar-refractivity contribution in [2.75, 3.05) is 0 Å². The molecule has 7 heteroatoms. The number of carbonyl (C=O) groups excluding carboxylic acids is 1. The molecule has 0 saturated carbocycles. The Morgan fingerprint density at radius 2 is 1.91 bits per heavy atom. The maximum absolute atomic E-state index is 12.1. The standard InChI is InChI=1S/C16H11ClIN3O2/c17-11-7-5-10(6-8-11)15-20-14(23-21-15)9-19-16(22)12-3-1-2-4-13(12)18/h1-8H,9H2,(H,19,22). The first kappa shape index (κ1) is 15.9. The van der Waals surface area contributed by atoms with Crippen LogP contribution in [0.4, 0.5) is 0 Å². The first-order valence-corrected chi connectivity index (χ1v) is 8.20. The fourth-order valence-corrected chi connectivity index (χ4v) is 2.70. The van der Waals surface area contributed by atoms with Gasteiger partial charge < -0.3 is 9.84 Å². The van der Waals surface area contributed by atoms with Gasteiger partial charge in [-0.2, -0.15) is 4.98 Å². The highest BCUT2D eigenvalue weighted by Crippen LogP contribution is 2.18. The van der Waals surface area contributed by atoms with Gasteiger partial charge in [0.15, 0.2) is 0 Å². The molecule has 0 aliphatic carbocycles. The molecule has 1 aromatic heterocycles. The highest BCUT2D eigenvalue weighted by atomic mass is 127. The molecule has 1 heterocycles. The Bertz CT molecular complexity index is 833. The van der Waals surface area contributed by atoms with Crippen molar-refractivity contribution in [3.8, 4) is 11.4 Å². The molecule has 2 aromatic carbocycles. The summed E-state index contributed by atoms with van der Waals surface area (Å²) in [5.74, 6) is 0.621. The van der Waals surface area contributed by atoms with E-state index in [-0.39, 0.29) is 12.5 Å². The second-order valence-corrected chi connectivity index (χ2v) is 6.28. The number of rotatable bonds is 4. The lowest BCUT2D eigenvalue weighted by molar-refractivity contribution is 0.0945. The molecular weight excluding hydrogens is 429 g/mol. The largest absolute Gasteiger partial charge is 0.343 e. The summed E-state index contributed by atoms with van der Waals surface area (Å²) in [5.41, 5.74) is 1.42. The average molecular weight is 440 g/mol. The van der Waals surface area contributed by atoms with Crippen molar-refractivity contribution in [1.82, 2.24) is 15.5 Å². The van der Waals surface area contributed by atoms with E-state index in [1.807, 2.05) is 30.3 Å². The van der Waals surface area contributed by atoms with Crippen molar-refractivity contribution in [3.05, 3.63) is 68.6 Å². The lowest BCUT2D eigenvalue weighted by Gasteiger charge is -2.04. The van der Waals surface area contributed by atoms with Gasteiger partial charge in [0.2, 0.25) is 11.7 Å². The molecule has 0 spiro atoms. The van der Waals surface area contributed by atoms with Gasteiger partial charge in [-0.15, -0.1) is 0 Å². The molecule has 0 saturated heterocycles. The molecule has 0 aliphatic heterocycles. The van der Waals surface area contributed by atoms with Gasteiger partial charge in [-0.05, 0) is 59.0 Å². The predicted octanol–water partition coefficient (Wildman–Crippen LogP) is 3.92. The molecule has 0 aliphatic rings. The minimum atomic E-state index is -0.179. The van der Waals surface area contributed by atoms with Crippen molar-refractivity contribution >= 4 is 40.1 Å². The smallest absolute Gasteiger partial charge is 0.252 e. The van der Waals surface area contributed by atoms with Crippen molar-refractivity contribution in [1.29, 1.82) is 0 Å². The van der Waals surface area contributed by atoms with Crippen LogP contribution >= 0.6 is 34.2 Å². The monoisotopic (exact) mass is 439 g/mol. The zero-order valence-corrected chi connectivity index (χ0v) is 14.7. The number of hydrogen-bond donors (Lipinski definition) is 1. The average Bonchev–Trinajstić information content (AvgIpc) is 3.03. The third-order valence-electron chi connectivity index (χ3n) is 3.09. The van der Waals surface area contributed by atoms with Crippen LogP contribution in [0.5, 0.6) is 0 Å². The highest BCUT2D eigenvalue weighted by Gasteiger charge is 2.12. The first-order valence-electron chi connectivity index (χ1n) is 6.75. The second kappa shape index (κ2) is 7.10. The number of hydrogen-bond acceptors (Lipinski definition) is 4. The van der Waals surface area contributed by atoms with E-state index in [4.69, 9.17) is 16.1 Å². The van der Waals surface area contributed by atoms with Gasteiger partial charge in [-0.3, -0.25) is 4.79 Å². The number of halogens is 2. The van der Waals surface area contributed by atoms with E-state index in [1.165, 1.54) is 0 Å². The van der Waals surface area contributed by atoms with Crippen LogP contribution in [-0.4, -0.2) is 16.0 Å². The normalized spacial score (nSPS) is 10.5. The van der Waals surface area contributed by atoms with Crippen molar-refractivity contribution in [2.45, 2.75) is 6.54 Å². The molecule has 1 N–H and O–H groups in total. The summed E-state index contributed by atoms with van der Waals surface area (Å²) in [4.78, 5) is 16.4. The molecule has 0 radical (unpaired) electrons. The SMILES string of the molecule is O=C(NCc1nc(-c2ccc(Cl)cc2)no1)c1ccccc1I. The highest BCUT2D eigenvalue weighted by molar-refractivity contribution is 14.1. The van der Waals surface area contributed by atoms with Gasteiger partial charge in [-0.25, -0.2) is 0 Å². The van der Waals surface area contributed by atoms with Crippen molar-refractivity contribution in [3.63, 3.8) is 0 Å². The Hall–Kier alpha value is -1.93. The molecule has 3 aromatic rings. The molecule has 3 rings (SSSR count). The number of nitrogens with one attached hydrogen (secondary N) is 1. The third kappa shape index (κ3) is 3.89. The Morgan fingerprint density at radius 1 is 1.17 bits per heavy atom. The van der Waals surface area contributed by atoms with Crippen LogP contribution < -0.4 is 5.32 Å². The van der Waals surface area contributed by atoms with Crippen LogP contribution in [0.25, 0.3) is 11.4 Å². The zero-order chi connectivity index (χ0) is 16.2. The Labute approximate surface area is 151 Å². The minimum Gasteiger partial charge on any atom is -0.343 e. The summed E-state index contributed by atoms with van der Waals surface area (Å²) in [6.45, 7) is 0.171. The Morgan fingerprint density at radius 3 is 2.65 bits per heavy atom. The van der Waals surface area contributed by atoms with E-state index in [2.05, 4.69) is 38.0 Å². The number of amides is 1. The summed E-state index contributed by atoms with van der Waals surface area (Å²) in [5, 5.41) is 7.31. The lowest BCUT2D eigenvalue weighted by Crippen LogP contribution is -2.23. The molecule has 0 fully saturated rings. The minimum absolute atomic E-state index is 0.171. The molecule has 23 heavy (non-hydrogen) atoms. The van der Waals surface area contributed by atoms with E-state index in [0.29, 0.717) is 22.3 Å². The van der Waals surface area contributed by atoms with Gasteiger partial charge in [0, 0.05) is 14.2 Å². The number of aromatic nitrogens is 2. The van der Waals surface area contributed by atoms with Gasteiger partial charge in [0.05, 0.1) is 12.1 Å².